The van der Waals surface area contributed by atoms with Crippen molar-refractivity contribution in [1.82, 2.24) is 4.98 Å². The van der Waals surface area contributed by atoms with Crippen LogP contribution in [-0.4, -0.2) is 17.3 Å². The Kier molecular flexibility index (Phi) is 5.54. The Bertz CT molecular complexity index is 291. The highest BCUT2D eigenvalue weighted by Gasteiger charge is 2.03. The molecule has 0 aliphatic rings. The second-order valence-corrected chi connectivity index (χ2v) is 4.29. The SMILES string of the molecule is Cc1ncccc1OCCC(C)CCS. The first-order valence-electron chi connectivity index (χ1n) is 5.39. The molecule has 1 heterocycles. The summed E-state index contributed by atoms with van der Waals surface area (Å²) in [5, 5.41) is 0. The van der Waals surface area contributed by atoms with E-state index in [-0.39, 0.29) is 0 Å². The van der Waals surface area contributed by atoms with E-state index >= 15 is 0 Å². The predicted octanol–water partition coefficient (Wildman–Crippen LogP) is 3.11. The van der Waals surface area contributed by atoms with Crippen molar-refractivity contribution in [2.75, 3.05) is 12.4 Å². The van der Waals surface area contributed by atoms with Gasteiger partial charge >= 0.3 is 0 Å². The summed E-state index contributed by atoms with van der Waals surface area (Å²) in [6.45, 7) is 4.96. The summed E-state index contributed by atoms with van der Waals surface area (Å²) in [6.07, 6.45) is 4.01. The van der Waals surface area contributed by atoms with Gasteiger partial charge in [0.25, 0.3) is 0 Å². The highest BCUT2D eigenvalue weighted by Crippen LogP contribution is 2.15. The quantitative estimate of drug-likeness (QED) is 0.751. The van der Waals surface area contributed by atoms with Gasteiger partial charge in [-0.05, 0) is 43.6 Å². The van der Waals surface area contributed by atoms with Crippen molar-refractivity contribution < 1.29 is 4.74 Å². The molecule has 0 aromatic carbocycles. The molecule has 0 amide bonds. The van der Waals surface area contributed by atoms with E-state index in [1.165, 1.54) is 0 Å². The first-order valence-corrected chi connectivity index (χ1v) is 6.02. The monoisotopic (exact) mass is 225 g/mol. The highest BCUT2D eigenvalue weighted by atomic mass is 32.1. The Morgan fingerprint density at radius 1 is 1.47 bits per heavy atom. The summed E-state index contributed by atoms with van der Waals surface area (Å²) in [5.41, 5.74) is 0.958. The third-order valence-corrected chi connectivity index (χ3v) is 2.71. The van der Waals surface area contributed by atoms with Crippen LogP contribution in [0.2, 0.25) is 0 Å². The van der Waals surface area contributed by atoms with Crippen LogP contribution in [0.3, 0.4) is 0 Å². The summed E-state index contributed by atoms with van der Waals surface area (Å²) in [4.78, 5) is 4.18. The Morgan fingerprint density at radius 2 is 2.27 bits per heavy atom. The fraction of sp³-hybridized carbons (Fsp3) is 0.583. The zero-order valence-electron chi connectivity index (χ0n) is 9.44. The van der Waals surface area contributed by atoms with Crippen LogP contribution in [0.4, 0.5) is 0 Å². The van der Waals surface area contributed by atoms with Crippen molar-refractivity contribution in [3.63, 3.8) is 0 Å². The minimum absolute atomic E-state index is 0.680. The standard InChI is InChI=1S/C12H19NOS/c1-10(6-9-15)5-8-14-12-4-3-7-13-11(12)2/h3-4,7,10,15H,5-6,8-9H2,1-2H3. The zero-order chi connectivity index (χ0) is 11.1. The third kappa shape index (κ3) is 4.56. The van der Waals surface area contributed by atoms with Crippen molar-refractivity contribution in [3.05, 3.63) is 24.0 Å². The summed E-state index contributed by atoms with van der Waals surface area (Å²) in [7, 11) is 0. The van der Waals surface area contributed by atoms with Gasteiger partial charge in [-0.25, -0.2) is 0 Å². The van der Waals surface area contributed by atoms with E-state index in [9.17, 15) is 0 Å². The van der Waals surface area contributed by atoms with Gasteiger partial charge < -0.3 is 4.74 Å². The van der Waals surface area contributed by atoms with Crippen LogP contribution in [0.1, 0.15) is 25.5 Å². The van der Waals surface area contributed by atoms with Crippen LogP contribution in [0.5, 0.6) is 5.75 Å². The van der Waals surface area contributed by atoms with E-state index in [1.54, 1.807) is 6.20 Å². The molecule has 2 nitrogen and oxygen atoms in total. The van der Waals surface area contributed by atoms with Gasteiger partial charge in [-0.15, -0.1) is 0 Å². The van der Waals surface area contributed by atoms with Crippen LogP contribution in [0, 0.1) is 12.8 Å². The Labute approximate surface area is 97.5 Å². The van der Waals surface area contributed by atoms with E-state index in [4.69, 9.17) is 4.74 Å². The number of aryl methyl sites for hydroxylation is 1. The van der Waals surface area contributed by atoms with E-state index in [1.807, 2.05) is 19.1 Å². The molecule has 0 bridgehead atoms. The topological polar surface area (TPSA) is 22.1 Å². The van der Waals surface area contributed by atoms with E-state index in [0.29, 0.717) is 5.92 Å². The Hall–Kier alpha value is -0.700. The van der Waals surface area contributed by atoms with Gasteiger partial charge in [-0.3, -0.25) is 4.98 Å². The maximum Gasteiger partial charge on any atom is 0.140 e. The first kappa shape index (κ1) is 12.4. The molecule has 0 saturated heterocycles. The molecule has 3 heteroatoms. The van der Waals surface area contributed by atoms with Crippen LogP contribution in [0.15, 0.2) is 18.3 Å². The molecule has 0 saturated carbocycles. The van der Waals surface area contributed by atoms with Gasteiger partial charge in [-0.1, -0.05) is 6.92 Å². The second-order valence-electron chi connectivity index (χ2n) is 3.84. The minimum Gasteiger partial charge on any atom is -0.492 e. The fourth-order valence-electron chi connectivity index (χ4n) is 1.36. The zero-order valence-corrected chi connectivity index (χ0v) is 10.3. The third-order valence-electron chi connectivity index (χ3n) is 2.45. The van der Waals surface area contributed by atoms with E-state index in [0.717, 1.165) is 36.6 Å². The summed E-state index contributed by atoms with van der Waals surface area (Å²) >= 11 is 4.22. The number of pyridine rings is 1. The van der Waals surface area contributed by atoms with E-state index < -0.39 is 0 Å². The Balaban J connectivity index is 2.29. The highest BCUT2D eigenvalue weighted by molar-refractivity contribution is 7.80. The number of aromatic nitrogens is 1. The lowest BCUT2D eigenvalue weighted by Crippen LogP contribution is -2.05. The smallest absolute Gasteiger partial charge is 0.140 e. The van der Waals surface area contributed by atoms with Gasteiger partial charge in [0.05, 0.1) is 12.3 Å². The molecule has 0 aliphatic heterocycles. The molecule has 0 aliphatic carbocycles. The summed E-state index contributed by atoms with van der Waals surface area (Å²) < 4.78 is 5.67. The van der Waals surface area contributed by atoms with Crippen molar-refractivity contribution in [1.29, 1.82) is 0 Å². The summed E-state index contributed by atoms with van der Waals surface area (Å²) in [6, 6.07) is 3.87. The van der Waals surface area contributed by atoms with Crippen molar-refractivity contribution in [2.24, 2.45) is 5.92 Å². The molecule has 0 radical (unpaired) electrons. The minimum atomic E-state index is 0.680. The number of hydrogen-bond acceptors (Lipinski definition) is 3. The summed E-state index contributed by atoms with van der Waals surface area (Å²) in [5.74, 6) is 2.53. The molecule has 15 heavy (non-hydrogen) atoms. The molecule has 0 spiro atoms. The van der Waals surface area contributed by atoms with Gasteiger partial charge in [-0.2, -0.15) is 12.6 Å². The lowest BCUT2D eigenvalue weighted by atomic mass is 10.1. The Morgan fingerprint density at radius 3 is 2.93 bits per heavy atom. The van der Waals surface area contributed by atoms with Gasteiger partial charge in [0.1, 0.15) is 5.75 Å². The first-order chi connectivity index (χ1) is 7.24. The number of ether oxygens (including phenoxy) is 1. The molecule has 1 aromatic heterocycles. The lowest BCUT2D eigenvalue weighted by Gasteiger charge is -2.11. The van der Waals surface area contributed by atoms with E-state index in [2.05, 4.69) is 24.5 Å². The number of rotatable bonds is 6. The second kappa shape index (κ2) is 6.72. The largest absolute Gasteiger partial charge is 0.492 e. The molecule has 1 atom stereocenters. The average molecular weight is 225 g/mol. The maximum atomic E-state index is 5.67. The molecular formula is C12H19NOS. The van der Waals surface area contributed by atoms with Crippen LogP contribution in [0.25, 0.3) is 0 Å². The number of nitrogens with zero attached hydrogens (tertiary/aromatic N) is 1. The maximum absolute atomic E-state index is 5.67. The van der Waals surface area contributed by atoms with Crippen molar-refractivity contribution in [3.8, 4) is 5.75 Å². The van der Waals surface area contributed by atoms with Crippen LogP contribution >= 0.6 is 12.6 Å². The normalized spacial score (nSPS) is 12.5. The molecule has 1 unspecified atom stereocenters. The number of hydrogen-bond donors (Lipinski definition) is 1. The molecule has 84 valence electrons. The molecule has 1 aromatic rings. The number of thiol groups is 1. The van der Waals surface area contributed by atoms with Gasteiger partial charge in [0.15, 0.2) is 0 Å². The van der Waals surface area contributed by atoms with Crippen LogP contribution < -0.4 is 4.74 Å². The predicted molar refractivity (Wildman–Crippen MR) is 66.7 cm³/mol. The molecular weight excluding hydrogens is 206 g/mol. The molecule has 0 N–H and O–H groups in total. The molecule has 1 rings (SSSR count). The van der Waals surface area contributed by atoms with Crippen molar-refractivity contribution in [2.45, 2.75) is 26.7 Å². The lowest BCUT2D eigenvalue weighted by molar-refractivity contribution is 0.279. The fourth-order valence-corrected chi connectivity index (χ4v) is 1.80. The van der Waals surface area contributed by atoms with Gasteiger partial charge in [0.2, 0.25) is 0 Å². The van der Waals surface area contributed by atoms with Gasteiger partial charge in [0, 0.05) is 6.20 Å². The van der Waals surface area contributed by atoms with Crippen molar-refractivity contribution >= 4 is 12.6 Å². The van der Waals surface area contributed by atoms with Crippen LogP contribution in [-0.2, 0) is 0 Å². The average Bonchev–Trinajstić information content (AvgIpc) is 2.21. The molecule has 0 fully saturated rings.